The minimum Gasteiger partial charge on any atom is -0.497 e. The van der Waals surface area contributed by atoms with E-state index in [0.29, 0.717) is 6.42 Å². The second-order valence-corrected chi connectivity index (χ2v) is 9.21. The highest BCUT2D eigenvalue weighted by atomic mass is 32.1. The van der Waals surface area contributed by atoms with Crippen LogP contribution in [0.5, 0.6) is 5.75 Å². The van der Waals surface area contributed by atoms with Crippen LogP contribution in [0.3, 0.4) is 0 Å². The zero-order valence-electron chi connectivity index (χ0n) is 17.0. The molecule has 1 aromatic heterocycles. The van der Waals surface area contributed by atoms with E-state index in [9.17, 15) is 4.79 Å². The van der Waals surface area contributed by atoms with Crippen molar-refractivity contribution in [2.75, 3.05) is 17.7 Å². The van der Waals surface area contributed by atoms with E-state index in [-0.39, 0.29) is 23.7 Å². The maximum absolute atomic E-state index is 13.5. The van der Waals surface area contributed by atoms with Crippen molar-refractivity contribution >= 4 is 28.5 Å². The van der Waals surface area contributed by atoms with Gasteiger partial charge in [-0.2, -0.15) is 0 Å². The summed E-state index contributed by atoms with van der Waals surface area (Å²) in [6.45, 7) is 2.11. The normalized spacial score (nSPS) is 22.7. The average Bonchev–Trinajstić information content (AvgIpc) is 3.11. The van der Waals surface area contributed by atoms with Crippen molar-refractivity contribution in [3.8, 4) is 5.75 Å². The second-order valence-electron chi connectivity index (χ2n) is 7.89. The van der Waals surface area contributed by atoms with Gasteiger partial charge in [0.25, 0.3) is 0 Å². The number of aryl methyl sites for hydroxylation is 1. The molecule has 3 aromatic rings. The summed E-state index contributed by atoms with van der Waals surface area (Å²) in [4.78, 5) is 16.0. The summed E-state index contributed by atoms with van der Waals surface area (Å²) >= 11 is 1.75. The predicted octanol–water partition coefficient (Wildman–Crippen LogP) is 5.90. The Morgan fingerprint density at radius 2 is 1.87 bits per heavy atom. The van der Waals surface area contributed by atoms with Gasteiger partial charge in [0.2, 0.25) is 0 Å². The van der Waals surface area contributed by atoms with E-state index >= 15 is 0 Å². The number of Topliss-reactive ketones (excluding diaryl/α,β-unsaturated/α-hetero) is 1. The first-order chi connectivity index (χ1) is 14.6. The van der Waals surface area contributed by atoms with Crippen molar-refractivity contribution < 1.29 is 9.53 Å². The number of allylic oxidation sites excluding steroid dienone is 1. The Balaban J connectivity index is 1.61. The number of ether oxygens (including phenoxy) is 1. The minimum absolute atomic E-state index is 0.0299. The van der Waals surface area contributed by atoms with Gasteiger partial charge in [0.05, 0.1) is 30.4 Å². The topological polar surface area (TPSA) is 50.4 Å². The van der Waals surface area contributed by atoms with E-state index < -0.39 is 0 Å². The molecule has 0 radical (unpaired) electrons. The summed E-state index contributed by atoms with van der Waals surface area (Å²) in [5.74, 6) is 0.858. The van der Waals surface area contributed by atoms with E-state index in [4.69, 9.17) is 4.74 Å². The summed E-state index contributed by atoms with van der Waals surface area (Å²) in [5, 5.41) is 7.24. The van der Waals surface area contributed by atoms with Crippen LogP contribution in [0.2, 0.25) is 0 Å². The van der Waals surface area contributed by atoms with E-state index in [1.54, 1.807) is 18.4 Å². The lowest BCUT2D eigenvalue weighted by molar-refractivity contribution is -0.122. The third kappa shape index (κ3) is 3.39. The van der Waals surface area contributed by atoms with Crippen LogP contribution < -0.4 is 15.4 Å². The van der Waals surface area contributed by atoms with Crippen molar-refractivity contribution in [2.45, 2.75) is 25.3 Å². The molecule has 30 heavy (non-hydrogen) atoms. The standard InChI is InChI=1S/C25H24N2O2S/c1-15-10-11-23(30-15)25-24-21(26-19-8-3-4-9-20(19)27-25)13-17(14-22(24)28)16-6-5-7-18(12-16)29-2/h3-13,17,24-27H,14H2,1-2H3. The van der Waals surface area contributed by atoms with Gasteiger partial charge in [0, 0.05) is 27.8 Å². The molecule has 0 spiro atoms. The lowest BCUT2D eigenvalue weighted by Gasteiger charge is -2.32. The fourth-order valence-electron chi connectivity index (χ4n) is 4.45. The van der Waals surface area contributed by atoms with E-state index in [1.165, 1.54) is 9.75 Å². The highest BCUT2D eigenvalue weighted by molar-refractivity contribution is 7.12. The molecule has 1 aliphatic heterocycles. The molecule has 152 valence electrons. The van der Waals surface area contributed by atoms with Crippen LogP contribution in [0.15, 0.2) is 72.4 Å². The Hall–Kier alpha value is -3.05. The number of thiophene rings is 1. The van der Waals surface area contributed by atoms with Gasteiger partial charge in [-0.1, -0.05) is 30.3 Å². The van der Waals surface area contributed by atoms with Crippen molar-refractivity contribution in [3.63, 3.8) is 0 Å². The number of rotatable bonds is 3. The number of fused-ring (bicyclic) bond motifs is 2. The number of nitrogens with one attached hydrogen (secondary N) is 2. The SMILES string of the molecule is COc1cccc(C2C=C3Nc4ccccc4NC(c4ccc(C)s4)C3C(=O)C2)c1. The summed E-state index contributed by atoms with van der Waals surface area (Å²) < 4.78 is 5.39. The van der Waals surface area contributed by atoms with Gasteiger partial charge in [0.1, 0.15) is 11.5 Å². The molecular weight excluding hydrogens is 392 g/mol. The molecule has 0 saturated carbocycles. The molecule has 0 saturated heterocycles. The average molecular weight is 417 g/mol. The third-order valence-corrected chi connectivity index (χ3v) is 7.01. The molecule has 4 nitrogen and oxygen atoms in total. The molecule has 2 heterocycles. The number of hydrogen-bond acceptors (Lipinski definition) is 5. The zero-order valence-corrected chi connectivity index (χ0v) is 17.8. The van der Waals surface area contributed by atoms with Gasteiger partial charge in [-0.05, 0) is 48.9 Å². The maximum atomic E-state index is 13.5. The highest BCUT2D eigenvalue weighted by Crippen LogP contribution is 2.45. The maximum Gasteiger partial charge on any atom is 0.145 e. The van der Waals surface area contributed by atoms with Crippen LogP contribution in [0.4, 0.5) is 11.4 Å². The smallest absolute Gasteiger partial charge is 0.145 e. The highest BCUT2D eigenvalue weighted by Gasteiger charge is 2.40. The Bertz CT molecular complexity index is 1130. The Labute approximate surface area is 180 Å². The summed E-state index contributed by atoms with van der Waals surface area (Å²) in [7, 11) is 1.67. The first-order valence-corrected chi connectivity index (χ1v) is 11.0. The number of methoxy groups -OCH3 is 1. The Morgan fingerprint density at radius 1 is 1.03 bits per heavy atom. The van der Waals surface area contributed by atoms with Crippen molar-refractivity contribution in [3.05, 3.63) is 87.8 Å². The van der Waals surface area contributed by atoms with Crippen LogP contribution in [0.25, 0.3) is 0 Å². The van der Waals surface area contributed by atoms with Crippen LogP contribution >= 0.6 is 11.3 Å². The summed E-state index contributed by atoms with van der Waals surface area (Å²) in [5.41, 5.74) is 4.11. The van der Waals surface area contributed by atoms with Gasteiger partial charge in [-0.15, -0.1) is 11.3 Å². The number of ketones is 1. The van der Waals surface area contributed by atoms with Gasteiger partial charge in [-0.3, -0.25) is 4.79 Å². The molecule has 0 bridgehead atoms. The Morgan fingerprint density at radius 3 is 2.63 bits per heavy atom. The molecule has 1 aliphatic carbocycles. The molecule has 3 unspecified atom stereocenters. The van der Waals surface area contributed by atoms with Crippen molar-refractivity contribution in [1.29, 1.82) is 0 Å². The van der Waals surface area contributed by atoms with Gasteiger partial charge in [0.15, 0.2) is 0 Å². The summed E-state index contributed by atoms with van der Waals surface area (Å²) in [6, 6.07) is 20.4. The first kappa shape index (κ1) is 18.9. The number of hydrogen-bond donors (Lipinski definition) is 2. The second kappa shape index (κ2) is 7.65. The fourth-order valence-corrected chi connectivity index (χ4v) is 5.41. The predicted molar refractivity (Wildman–Crippen MR) is 122 cm³/mol. The molecule has 5 rings (SSSR count). The van der Waals surface area contributed by atoms with E-state index in [1.807, 2.05) is 30.3 Å². The van der Waals surface area contributed by atoms with Gasteiger partial charge < -0.3 is 15.4 Å². The number of para-hydroxylation sites is 2. The number of benzene rings is 2. The molecule has 2 aliphatic rings. The molecule has 3 atom stereocenters. The molecule has 2 aromatic carbocycles. The monoisotopic (exact) mass is 416 g/mol. The third-order valence-electron chi connectivity index (χ3n) is 5.92. The quantitative estimate of drug-likeness (QED) is 0.558. The van der Waals surface area contributed by atoms with E-state index in [2.05, 4.69) is 54.0 Å². The summed E-state index contributed by atoms with van der Waals surface area (Å²) in [6.07, 6.45) is 2.72. The number of carbonyl (C=O) groups excluding carboxylic acids is 1. The number of anilines is 2. The molecular formula is C25H24N2O2S. The molecule has 0 amide bonds. The molecule has 2 N–H and O–H groups in total. The first-order valence-electron chi connectivity index (χ1n) is 10.2. The Kier molecular flexibility index (Phi) is 4.83. The van der Waals surface area contributed by atoms with Crippen molar-refractivity contribution in [2.24, 2.45) is 5.92 Å². The van der Waals surface area contributed by atoms with Crippen LogP contribution in [0, 0.1) is 12.8 Å². The number of carbonyl (C=O) groups is 1. The molecule has 0 fully saturated rings. The van der Waals surface area contributed by atoms with Gasteiger partial charge >= 0.3 is 0 Å². The van der Waals surface area contributed by atoms with E-state index in [0.717, 1.165) is 28.4 Å². The van der Waals surface area contributed by atoms with Crippen LogP contribution in [-0.4, -0.2) is 12.9 Å². The lowest BCUT2D eigenvalue weighted by Crippen LogP contribution is -2.33. The minimum atomic E-state index is -0.239. The molecule has 5 heteroatoms. The fraction of sp³-hybridized carbons (Fsp3) is 0.240. The zero-order chi connectivity index (χ0) is 20.7. The van der Waals surface area contributed by atoms with Crippen molar-refractivity contribution in [1.82, 2.24) is 0 Å². The van der Waals surface area contributed by atoms with Crippen LogP contribution in [0.1, 0.15) is 33.7 Å². The lowest BCUT2D eigenvalue weighted by atomic mass is 9.78. The van der Waals surface area contributed by atoms with Gasteiger partial charge in [-0.25, -0.2) is 0 Å². The van der Waals surface area contributed by atoms with Crippen LogP contribution in [-0.2, 0) is 4.79 Å². The largest absolute Gasteiger partial charge is 0.497 e.